The number of nitrogens with zero attached hydrogens (tertiary/aromatic N) is 7. The van der Waals surface area contributed by atoms with Gasteiger partial charge in [0.15, 0.2) is 0 Å². The summed E-state index contributed by atoms with van der Waals surface area (Å²) in [5.41, 5.74) is 15.5. The minimum atomic E-state index is -1.25. The summed E-state index contributed by atoms with van der Waals surface area (Å²) in [5.74, 6) is 0. The predicted molar refractivity (Wildman–Crippen MR) is 68.2 cm³/mol. The van der Waals surface area contributed by atoms with Crippen LogP contribution in [0.2, 0.25) is 0 Å². The Morgan fingerprint density at radius 2 is 2.19 bits per heavy atom. The molecule has 0 aliphatic carbocycles. The number of nitrogens with one attached hydrogen (secondary N) is 1. The first-order valence-corrected chi connectivity index (χ1v) is 5.78. The van der Waals surface area contributed by atoms with Crippen molar-refractivity contribution in [3.63, 3.8) is 0 Å². The van der Waals surface area contributed by atoms with E-state index in [-0.39, 0.29) is 6.54 Å². The van der Waals surface area contributed by atoms with Crippen LogP contribution < -0.4 is 11.2 Å². The number of aliphatic hydroxyl groups excluding tert-OH is 1. The molecule has 0 unspecified atom stereocenters. The molecule has 0 aromatic carbocycles. The Morgan fingerprint density at radius 1 is 1.43 bits per heavy atom. The molecule has 4 atom stereocenters. The van der Waals surface area contributed by atoms with Gasteiger partial charge in [-0.05, 0) is 11.1 Å². The van der Waals surface area contributed by atoms with E-state index in [9.17, 15) is 14.7 Å². The fourth-order valence-corrected chi connectivity index (χ4v) is 2.04. The van der Waals surface area contributed by atoms with Gasteiger partial charge in [-0.25, -0.2) is 4.79 Å². The van der Waals surface area contributed by atoms with Crippen LogP contribution >= 0.6 is 0 Å². The van der Waals surface area contributed by atoms with Crippen molar-refractivity contribution in [1.82, 2.24) is 9.55 Å². The summed E-state index contributed by atoms with van der Waals surface area (Å²) in [6.07, 6.45) is -2.14. The zero-order valence-corrected chi connectivity index (χ0v) is 10.5. The summed E-state index contributed by atoms with van der Waals surface area (Å²) in [7, 11) is 0. The van der Waals surface area contributed by atoms with Gasteiger partial charge in [0, 0.05) is 22.1 Å². The van der Waals surface area contributed by atoms with E-state index in [1.807, 2.05) is 4.98 Å². The first-order valence-electron chi connectivity index (χ1n) is 5.78. The van der Waals surface area contributed by atoms with Crippen molar-refractivity contribution < 1.29 is 9.84 Å². The normalized spacial score (nSPS) is 27.7. The molecule has 110 valence electrons. The molecule has 1 saturated heterocycles. The molecule has 0 bridgehead atoms. The number of aliphatic hydroxyl groups is 1. The Kier molecular flexibility index (Phi) is 4.26. The molecule has 1 aliphatic rings. The van der Waals surface area contributed by atoms with Crippen molar-refractivity contribution in [2.24, 2.45) is 10.2 Å². The Bertz CT molecular complexity index is 728. The van der Waals surface area contributed by atoms with Gasteiger partial charge in [-0.1, -0.05) is 10.2 Å². The number of aromatic amines is 1. The second kappa shape index (κ2) is 6.11. The largest absolute Gasteiger partial charge is 0.390 e. The Balaban J connectivity index is 2.40. The molecule has 1 aromatic heterocycles. The maximum atomic E-state index is 11.7. The molecule has 12 nitrogen and oxygen atoms in total. The lowest BCUT2D eigenvalue weighted by atomic mass is 10.1. The second-order valence-electron chi connectivity index (χ2n) is 4.18. The SMILES string of the molecule is [N-]=[N+]=NC[C@H]1O[C@@H](n2ccc(=O)[nH]c2=O)[C@H](N=[N+]=[N-])[C@H]1O. The number of azide groups is 2. The van der Waals surface area contributed by atoms with Gasteiger partial charge in [-0.15, -0.1) is 0 Å². The zero-order valence-electron chi connectivity index (χ0n) is 10.5. The topological polar surface area (TPSA) is 182 Å². The van der Waals surface area contributed by atoms with Crippen molar-refractivity contribution in [3.8, 4) is 0 Å². The summed E-state index contributed by atoms with van der Waals surface area (Å²) >= 11 is 0. The Morgan fingerprint density at radius 3 is 2.81 bits per heavy atom. The number of hydrogen-bond acceptors (Lipinski definition) is 6. The van der Waals surface area contributed by atoms with Crippen molar-refractivity contribution in [2.45, 2.75) is 24.5 Å². The van der Waals surface area contributed by atoms with Crippen LogP contribution in [0.5, 0.6) is 0 Å². The minimum Gasteiger partial charge on any atom is -0.390 e. The maximum absolute atomic E-state index is 11.7. The summed E-state index contributed by atoms with van der Waals surface area (Å²) < 4.78 is 6.40. The van der Waals surface area contributed by atoms with Gasteiger partial charge in [0.25, 0.3) is 5.56 Å². The third kappa shape index (κ3) is 2.88. The van der Waals surface area contributed by atoms with Gasteiger partial charge in [-0.3, -0.25) is 14.3 Å². The monoisotopic (exact) mass is 294 g/mol. The molecule has 0 radical (unpaired) electrons. The lowest BCUT2D eigenvalue weighted by Crippen LogP contribution is -2.36. The van der Waals surface area contributed by atoms with Crippen LogP contribution in [0.3, 0.4) is 0 Å². The van der Waals surface area contributed by atoms with E-state index in [4.69, 9.17) is 15.8 Å². The summed E-state index contributed by atoms with van der Waals surface area (Å²) in [5, 5.41) is 16.7. The van der Waals surface area contributed by atoms with Gasteiger partial charge < -0.3 is 9.84 Å². The Hall–Kier alpha value is -2.78. The van der Waals surface area contributed by atoms with Crippen molar-refractivity contribution in [1.29, 1.82) is 0 Å². The minimum absolute atomic E-state index is 0.191. The highest BCUT2D eigenvalue weighted by Crippen LogP contribution is 2.31. The lowest BCUT2D eigenvalue weighted by Gasteiger charge is -2.17. The van der Waals surface area contributed by atoms with Crippen molar-refractivity contribution in [2.75, 3.05) is 6.54 Å². The predicted octanol–water partition coefficient (Wildman–Crippen LogP) is -0.216. The van der Waals surface area contributed by atoms with Crippen molar-refractivity contribution >= 4 is 0 Å². The second-order valence-corrected chi connectivity index (χ2v) is 4.18. The number of H-pyrrole nitrogens is 1. The standard InChI is InChI=1S/C9H10N8O4/c10-15-12-3-4-7(19)6(14-16-11)8(21-4)17-2-1-5(18)13-9(17)20/h1-2,4,6-8,19H,3H2,(H,13,18,20)/t4-,6-,7+,8-/m1/s1. The van der Waals surface area contributed by atoms with Gasteiger partial charge in [-0.2, -0.15) is 0 Å². The molecule has 0 amide bonds. The van der Waals surface area contributed by atoms with Crippen molar-refractivity contribution in [3.05, 3.63) is 54.0 Å². The number of ether oxygens (including phenoxy) is 1. The molecule has 21 heavy (non-hydrogen) atoms. The van der Waals surface area contributed by atoms with Crippen LogP contribution in [0.1, 0.15) is 6.23 Å². The Labute approximate surface area is 115 Å². The molecule has 12 heteroatoms. The average Bonchev–Trinajstić information content (AvgIpc) is 2.74. The van der Waals surface area contributed by atoms with Crippen LogP contribution in [0.15, 0.2) is 32.1 Å². The van der Waals surface area contributed by atoms with Crippen LogP contribution in [0.25, 0.3) is 20.9 Å². The third-order valence-electron chi connectivity index (χ3n) is 2.97. The summed E-state index contributed by atoms with van der Waals surface area (Å²) in [6, 6.07) is -0.0112. The molecule has 2 rings (SSSR count). The number of rotatable bonds is 4. The molecular weight excluding hydrogens is 284 g/mol. The van der Waals surface area contributed by atoms with E-state index >= 15 is 0 Å². The maximum Gasteiger partial charge on any atom is 0.330 e. The van der Waals surface area contributed by atoms with E-state index in [1.165, 1.54) is 0 Å². The van der Waals surface area contributed by atoms with Crippen LogP contribution in [0, 0.1) is 0 Å². The van der Waals surface area contributed by atoms with Crippen LogP contribution in [0.4, 0.5) is 0 Å². The molecule has 0 spiro atoms. The molecule has 2 heterocycles. The first-order chi connectivity index (χ1) is 10.1. The van der Waals surface area contributed by atoms with Gasteiger partial charge >= 0.3 is 5.69 Å². The quantitative estimate of drug-likeness (QED) is 0.442. The van der Waals surface area contributed by atoms with Crippen LogP contribution in [-0.4, -0.2) is 39.5 Å². The van der Waals surface area contributed by atoms with E-state index in [2.05, 4.69) is 20.1 Å². The van der Waals surface area contributed by atoms with Gasteiger partial charge in [0.1, 0.15) is 12.3 Å². The van der Waals surface area contributed by atoms with E-state index in [1.54, 1.807) is 0 Å². The molecule has 2 N–H and O–H groups in total. The number of aromatic nitrogens is 2. The highest BCUT2D eigenvalue weighted by Gasteiger charge is 2.44. The number of hydrogen-bond donors (Lipinski definition) is 2. The van der Waals surface area contributed by atoms with E-state index in [0.717, 1.165) is 16.8 Å². The van der Waals surface area contributed by atoms with E-state index < -0.39 is 35.7 Å². The fraction of sp³-hybridized carbons (Fsp3) is 0.556. The molecule has 0 saturated carbocycles. The third-order valence-corrected chi connectivity index (χ3v) is 2.97. The molecule has 1 fully saturated rings. The van der Waals surface area contributed by atoms with E-state index in [0.29, 0.717) is 0 Å². The average molecular weight is 294 g/mol. The highest BCUT2D eigenvalue weighted by atomic mass is 16.5. The fourth-order valence-electron chi connectivity index (χ4n) is 2.04. The lowest BCUT2D eigenvalue weighted by molar-refractivity contribution is -0.0162. The van der Waals surface area contributed by atoms with Gasteiger partial charge in [0.05, 0.1) is 18.8 Å². The smallest absolute Gasteiger partial charge is 0.330 e. The molecule has 1 aliphatic heterocycles. The molecule has 1 aromatic rings. The van der Waals surface area contributed by atoms with Gasteiger partial charge in [0.2, 0.25) is 0 Å². The summed E-state index contributed by atoms with van der Waals surface area (Å²) in [4.78, 5) is 29.9. The zero-order chi connectivity index (χ0) is 15.4. The highest BCUT2D eigenvalue weighted by molar-refractivity contribution is 4.97. The summed E-state index contributed by atoms with van der Waals surface area (Å²) in [6.45, 7) is -0.191. The molecular formula is C9H10N8O4. The van der Waals surface area contributed by atoms with Crippen LogP contribution in [-0.2, 0) is 4.74 Å². The first kappa shape index (κ1) is 14.6.